The van der Waals surface area contributed by atoms with E-state index in [1.807, 2.05) is 22.6 Å². The summed E-state index contributed by atoms with van der Waals surface area (Å²) in [5.74, 6) is 0.436. The minimum absolute atomic E-state index is 0.0570. The Morgan fingerprint density at radius 3 is 2.50 bits per heavy atom. The molecule has 0 radical (unpaired) electrons. The number of aromatic amines is 1. The Kier molecular flexibility index (Phi) is 3.90. The number of halogens is 3. The molecule has 0 fully saturated rings. The molecule has 18 heavy (non-hydrogen) atoms. The van der Waals surface area contributed by atoms with Gasteiger partial charge < -0.3 is 9.72 Å². The number of hydrogen-bond donors (Lipinski definition) is 1. The summed E-state index contributed by atoms with van der Waals surface area (Å²) in [4.78, 5) is 18.0. The largest absolute Gasteiger partial charge is 0.435 e. The van der Waals surface area contributed by atoms with Crippen LogP contribution in [0.5, 0.6) is 5.75 Å². The van der Waals surface area contributed by atoms with E-state index in [-0.39, 0.29) is 11.3 Å². The average molecular weight is 364 g/mol. The lowest BCUT2D eigenvalue weighted by Gasteiger charge is -2.05. The number of alkyl halides is 2. The van der Waals surface area contributed by atoms with Crippen LogP contribution in [0.15, 0.2) is 35.3 Å². The molecule has 0 spiro atoms. The van der Waals surface area contributed by atoms with E-state index in [2.05, 4.69) is 14.7 Å². The van der Waals surface area contributed by atoms with E-state index in [9.17, 15) is 13.6 Å². The topological polar surface area (TPSA) is 55.0 Å². The molecule has 7 heteroatoms. The van der Waals surface area contributed by atoms with Gasteiger partial charge in [0.25, 0.3) is 5.56 Å². The molecule has 2 rings (SSSR count). The molecule has 0 amide bonds. The lowest BCUT2D eigenvalue weighted by atomic mass is 10.2. The molecule has 1 N–H and O–H groups in total. The molecule has 0 saturated carbocycles. The summed E-state index contributed by atoms with van der Waals surface area (Å²) >= 11 is 1.87. The number of benzene rings is 1. The van der Waals surface area contributed by atoms with E-state index in [1.165, 1.54) is 18.3 Å². The predicted molar refractivity (Wildman–Crippen MR) is 69.6 cm³/mol. The summed E-state index contributed by atoms with van der Waals surface area (Å²) in [5, 5.41) is 0. The van der Waals surface area contributed by atoms with Crippen molar-refractivity contribution in [1.29, 1.82) is 0 Å². The fourth-order valence-electron chi connectivity index (χ4n) is 1.32. The van der Waals surface area contributed by atoms with E-state index in [4.69, 9.17) is 0 Å². The molecule has 1 aromatic heterocycles. The fourth-order valence-corrected chi connectivity index (χ4v) is 1.59. The molecule has 1 heterocycles. The highest BCUT2D eigenvalue weighted by Gasteiger charge is 2.06. The molecular formula is C11H7F2IN2O2. The Bertz CT molecular complexity index is 599. The van der Waals surface area contributed by atoms with E-state index >= 15 is 0 Å². The summed E-state index contributed by atoms with van der Waals surface area (Å²) in [7, 11) is 0. The molecule has 0 aliphatic rings. The van der Waals surface area contributed by atoms with Gasteiger partial charge in [-0.1, -0.05) is 0 Å². The number of rotatable bonds is 3. The maximum absolute atomic E-state index is 12.0. The van der Waals surface area contributed by atoms with Crippen LogP contribution in [0.1, 0.15) is 0 Å². The predicted octanol–water partition coefficient (Wildman–Crippen LogP) is 2.64. The van der Waals surface area contributed by atoms with Crippen LogP contribution >= 0.6 is 22.6 Å². The quantitative estimate of drug-likeness (QED) is 0.853. The molecule has 0 aliphatic carbocycles. The first kappa shape index (κ1) is 12.9. The third kappa shape index (κ3) is 3.03. The van der Waals surface area contributed by atoms with Crippen molar-refractivity contribution in [3.8, 4) is 17.1 Å². The summed E-state index contributed by atoms with van der Waals surface area (Å²) in [6, 6.07) is 5.87. The minimum atomic E-state index is -2.85. The lowest BCUT2D eigenvalue weighted by molar-refractivity contribution is -0.0498. The van der Waals surface area contributed by atoms with Gasteiger partial charge in [-0.15, -0.1) is 0 Å². The Hall–Kier alpha value is -1.51. The second kappa shape index (κ2) is 5.42. The Balaban J connectivity index is 2.28. The van der Waals surface area contributed by atoms with Crippen LogP contribution < -0.4 is 10.3 Å². The maximum atomic E-state index is 12.0. The van der Waals surface area contributed by atoms with Gasteiger partial charge in [-0.05, 0) is 46.9 Å². The Morgan fingerprint density at radius 2 is 1.94 bits per heavy atom. The lowest BCUT2D eigenvalue weighted by Crippen LogP contribution is -2.11. The zero-order chi connectivity index (χ0) is 13.1. The van der Waals surface area contributed by atoms with Crippen molar-refractivity contribution in [1.82, 2.24) is 9.97 Å². The van der Waals surface area contributed by atoms with Crippen molar-refractivity contribution in [3.63, 3.8) is 0 Å². The Morgan fingerprint density at radius 1 is 1.28 bits per heavy atom. The van der Waals surface area contributed by atoms with Gasteiger partial charge >= 0.3 is 6.61 Å². The minimum Gasteiger partial charge on any atom is -0.435 e. The standard InChI is InChI=1S/C11H7F2IN2O2/c12-11(13)18-7-3-1-6(2-4-7)9-15-5-8(14)10(17)16-9/h1-5,11H,(H,15,16,17). The molecule has 4 nitrogen and oxygen atoms in total. The molecule has 0 atom stereocenters. The van der Waals surface area contributed by atoms with Crippen molar-refractivity contribution in [2.24, 2.45) is 0 Å². The SMILES string of the molecule is O=c1[nH]c(-c2ccc(OC(F)F)cc2)ncc1I. The van der Waals surface area contributed by atoms with Gasteiger partial charge in [-0.2, -0.15) is 8.78 Å². The van der Waals surface area contributed by atoms with E-state index in [1.54, 1.807) is 12.1 Å². The molecule has 0 saturated heterocycles. The number of aromatic nitrogens is 2. The highest BCUT2D eigenvalue weighted by atomic mass is 127. The zero-order valence-corrected chi connectivity index (χ0v) is 11.0. The number of nitrogens with zero attached hydrogens (tertiary/aromatic N) is 1. The van der Waals surface area contributed by atoms with Gasteiger partial charge in [0.05, 0.1) is 3.57 Å². The van der Waals surface area contributed by atoms with Gasteiger partial charge in [-0.25, -0.2) is 4.98 Å². The van der Waals surface area contributed by atoms with Crippen LogP contribution in [0, 0.1) is 3.57 Å². The van der Waals surface area contributed by atoms with Crippen LogP contribution in [-0.4, -0.2) is 16.6 Å². The van der Waals surface area contributed by atoms with Crippen molar-refractivity contribution in [2.45, 2.75) is 6.61 Å². The second-order valence-corrected chi connectivity index (χ2v) is 4.47. The highest BCUT2D eigenvalue weighted by Crippen LogP contribution is 2.19. The average Bonchev–Trinajstić information content (AvgIpc) is 2.33. The van der Waals surface area contributed by atoms with Gasteiger partial charge in [0.15, 0.2) is 0 Å². The highest BCUT2D eigenvalue weighted by molar-refractivity contribution is 14.1. The van der Waals surface area contributed by atoms with Crippen molar-refractivity contribution >= 4 is 22.6 Å². The molecule has 94 valence electrons. The summed E-state index contributed by atoms with van der Waals surface area (Å²) in [5.41, 5.74) is 0.374. The van der Waals surface area contributed by atoms with Crippen molar-refractivity contribution in [3.05, 3.63) is 44.4 Å². The van der Waals surface area contributed by atoms with E-state index in [0.717, 1.165) is 0 Å². The van der Waals surface area contributed by atoms with Crippen LogP contribution in [-0.2, 0) is 0 Å². The van der Waals surface area contributed by atoms with E-state index in [0.29, 0.717) is 15.0 Å². The molecule has 1 aromatic carbocycles. The molecule has 0 aliphatic heterocycles. The van der Waals surface area contributed by atoms with Crippen LogP contribution in [0.4, 0.5) is 8.78 Å². The summed E-state index contributed by atoms with van der Waals surface area (Å²) in [6.45, 7) is -2.85. The van der Waals surface area contributed by atoms with Crippen LogP contribution in [0.25, 0.3) is 11.4 Å². The molecule has 0 bridgehead atoms. The number of nitrogens with one attached hydrogen (secondary N) is 1. The normalized spacial score (nSPS) is 10.7. The van der Waals surface area contributed by atoms with Crippen LogP contribution in [0.2, 0.25) is 0 Å². The maximum Gasteiger partial charge on any atom is 0.387 e. The first-order valence-electron chi connectivity index (χ1n) is 4.86. The van der Waals surface area contributed by atoms with Gasteiger partial charge in [-0.3, -0.25) is 4.79 Å². The number of H-pyrrole nitrogens is 1. The first-order valence-corrected chi connectivity index (χ1v) is 5.94. The zero-order valence-electron chi connectivity index (χ0n) is 8.86. The fraction of sp³-hybridized carbons (Fsp3) is 0.0909. The monoisotopic (exact) mass is 364 g/mol. The van der Waals surface area contributed by atoms with Crippen LogP contribution in [0.3, 0.4) is 0 Å². The molecule has 2 aromatic rings. The van der Waals surface area contributed by atoms with E-state index < -0.39 is 6.61 Å². The smallest absolute Gasteiger partial charge is 0.387 e. The van der Waals surface area contributed by atoms with Gasteiger partial charge in [0.2, 0.25) is 0 Å². The molecule has 0 unspecified atom stereocenters. The van der Waals surface area contributed by atoms with Gasteiger partial charge in [0, 0.05) is 11.8 Å². The summed E-state index contributed by atoms with van der Waals surface area (Å²) < 4.78 is 28.6. The molecular weight excluding hydrogens is 357 g/mol. The second-order valence-electron chi connectivity index (χ2n) is 3.31. The first-order chi connectivity index (χ1) is 8.56. The number of ether oxygens (including phenoxy) is 1. The summed E-state index contributed by atoms with van der Waals surface area (Å²) in [6.07, 6.45) is 1.44. The van der Waals surface area contributed by atoms with Crippen molar-refractivity contribution in [2.75, 3.05) is 0 Å². The van der Waals surface area contributed by atoms with Gasteiger partial charge in [0.1, 0.15) is 11.6 Å². The number of hydrogen-bond acceptors (Lipinski definition) is 3. The van der Waals surface area contributed by atoms with Crippen molar-refractivity contribution < 1.29 is 13.5 Å². The third-order valence-corrected chi connectivity index (χ3v) is 2.88. The third-order valence-electron chi connectivity index (χ3n) is 2.11. The Labute approximate surface area is 114 Å².